The molecule has 172 valence electrons. The second-order valence-corrected chi connectivity index (χ2v) is 8.80. The number of carbonyl (C=O) groups is 1. The summed E-state index contributed by atoms with van der Waals surface area (Å²) in [7, 11) is 0. The van der Waals surface area contributed by atoms with E-state index in [2.05, 4.69) is 27.6 Å². The molecule has 0 fully saturated rings. The largest absolute Gasteiger partial charge is 0.345 e. The number of hydrogen-bond acceptors (Lipinski definition) is 6. The van der Waals surface area contributed by atoms with Gasteiger partial charge in [0.25, 0.3) is 11.6 Å². The van der Waals surface area contributed by atoms with Crippen LogP contribution in [0.4, 0.5) is 5.69 Å². The summed E-state index contributed by atoms with van der Waals surface area (Å²) < 4.78 is 1.91. The van der Waals surface area contributed by atoms with Gasteiger partial charge in [-0.3, -0.25) is 19.5 Å². The smallest absolute Gasteiger partial charge is 0.270 e. The van der Waals surface area contributed by atoms with E-state index in [1.165, 1.54) is 12.1 Å². The van der Waals surface area contributed by atoms with Crippen molar-refractivity contribution in [2.24, 2.45) is 0 Å². The Morgan fingerprint density at radius 3 is 2.50 bits per heavy atom. The molecule has 0 aliphatic rings. The van der Waals surface area contributed by atoms with Gasteiger partial charge in [-0.15, -0.1) is 10.2 Å². The van der Waals surface area contributed by atoms with Crippen LogP contribution in [-0.2, 0) is 12.3 Å². The summed E-state index contributed by atoms with van der Waals surface area (Å²) in [5.74, 6) is 0.804. The molecule has 34 heavy (non-hydrogen) atoms. The van der Waals surface area contributed by atoms with E-state index in [9.17, 15) is 14.9 Å². The minimum absolute atomic E-state index is 0.00538. The van der Waals surface area contributed by atoms with Crippen LogP contribution in [0, 0.1) is 17.0 Å². The first kappa shape index (κ1) is 23.5. The lowest BCUT2D eigenvalue weighted by molar-refractivity contribution is -0.384. The Balaban J connectivity index is 1.56. The zero-order valence-electron chi connectivity index (χ0n) is 18.1. The van der Waals surface area contributed by atoms with E-state index in [0.29, 0.717) is 11.0 Å². The van der Waals surface area contributed by atoms with E-state index in [4.69, 9.17) is 11.6 Å². The first-order chi connectivity index (χ1) is 16.4. The second kappa shape index (κ2) is 10.5. The molecule has 8 nitrogen and oxygen atoms in total. The minimum Gasteiger partial charge on any atom is -0.345 e. The third-order valence-corrected chi connectivity index (χ3v) is 6.33. The number of thioether (sulfide) groups is 1. The number of halogens is 1. The highest BCUT2D eigenvalue weighted by Crippen LogP contribution is 2.26. The zero-order chi connectivity index (χ0) is 24.1. The predicted molar refractivity (Wildman–Crippen MR) is 131 cm³/mol. The highest BCUT2D eigenvalue weighted by atomic mass is 35.5. The quantitative estimate of drug-likeness (QED) is 0.201. The van der Waals surface area contributed by atoms with Crippen LogP contribution in [0.5, 0.6) is 0 Å². The van der Waals surface area contributed by atoms with Gasteiger partial charge >= 0.3 is 0 Å². The third-order valence-electron chi connectivity index (χ3n) is 5.02. The van der Waals surface area contributed by atoms with Crippen molar-refractivity contribution in [2.75, 3.05) is 0 Å². The van der Waals surface area contributed by atoms with Crippen LogP contribution in [0.3, 0.4) is 0 Å². The summed E-state index contributed by atoms with van der Waals surface area (Å²) in [4.78, 5) is 23.0. The molecule has 1 heterocycles. The number of nitrogens with one attached hydrogen (secondary N) is 1. The van der Waals surface area contributed by atoms with Gasteiger partial charge in [0.15, 0.2) is 11.0 Å². The first-order valence-corrected chi connectivity index (χ1v) is 11.7. The highest BCUT2D eigenvalue weighted by Gasteiger charge is 2.18. The molecular weight excluding hydrogens is 474 g/mol. The van der Waals surface area contributed by atoms with Gasteiger partial charge in [0, 0.05) is 23.6 Å². The first-order valence-electron chi connectivity index (χ1n) is 10.3. The van der Waals surface area contributed by atoms with E-state index in [1.807, 2.05) is 54.0 Å². The summed E-state index contributed by atoms with van der Waals surface area (Å²) in [5.41, 5.74) is 3.13. The van der Waals surface area contributed by atoms with Crippen LogP contribution >= 0.6 is 23.4 Å². The maximum Gasteiger partial charge on any atom is 0.270 e. The average molecular weight is 494 g/mol. The molecule has 0 atom stereocenters. The lowest BCUT2D eigenvalue weighted by atomic mass is 10.2. The molecule has 0 saturated heterocycles. The van der Waals surface area contributed by atoms with Crippen LogP contribution in [0.15, 0.2) is 78.0 Å². The van der Waals surface area contributed by atoms with Crippen molar-refractivity contribution in [2.45, 2.75) is 24.4 Å². The number of carbonyl (C=O) groups excluding carboxylic acids is 1. The van der Waals surface area contributed by atoms with Crippen LogP contribution in [0.2, 0.25) is 5.02 Å². The number of nitrogens with zero attached hydrogens (tertiary/aromatic N) is 4. The minimum atomic E-state index is -0.563. The molecule has 0 bridgehead atoms. The van der Waals surface area contributed by atoms with Gasteiger partial charge in [-0.1, -0.05) is 71.4 Å². The fourth-order valence-corrected chi connectivity index (χ4v) is 4.43. The monoisotopic (exact) mass is 493 g/mol. The van der Waals surface area contributed by atoms with Gasteiger partial charge < -0.3 is 5.32 Å². The second-order valence-electron chi connectivity index (χ2n) is 7.45. The molecule has 0 aliphatic carbocycles. The number of benzene rings is 3. The lowest BCUT2D eigenvalue weighted by Crippen LogP contribution is -2.25. The van der Waals surface area contributed by atoms with Gasteiger partial charge in [-0.05, 0) is 30.7 Å². The molecule has 0 aliphatic heterocycles. The molecule has 1 aromatic heterocycles. The fourth-order valence-electron chi connectivity index (χ4n) is 3.24. The van der Waals surface area contributed by atoms with Crippen LogP contribution in [0.1, 0.15) is 27.3 Å². The van der Waals surface area contributed by atoms with Gasteiger partial charge in [-0.2, -0.15) is 0 Å². The molecule has 1 N–H and O–H groups in total. The molecule has 4 rings (SSSR count). The molecule has 1 amide bonds. The highest BCUT2D eigenvalue weighted by molar-refractivity contribution is 7.98. The standard InChI is InChI=1S/C24H20ClN5O3S/c1-16-7-9-18(10-8-16)29-22(27-28-24(29)34-15-17-5-3-2-4-6-17)14-26-23(31)20-12-11-19(30(32)33)13-21(20)25/h2-13H,14-15H2,1H3,(H,26,31). The summed E-state index contributed by atoms with van der Waals surface area (Å²) in [6, 6.07) is 21.7. The average Bonchev–Trinajstić information content (AvgIpc) is 3.25. The number of aromatic nitrogens is 3. The van der Waals surface area contributed by atoms with E-state index in [-0.39, 0.29) is 22.8 Å². The molecule has 0 radical (unpaired) electrons. The van der Waals surface area contributed by atoms with Gasteiger partial charge in [0.1, 0.15) is 0 Å². The van der Waals surface area contributed by atoms with Crippen molar-refractivity contribution in [3.8, 4) is 5.69 Å². The van der Waals surface area contributed by atoms with Gasteiger partial charge in [0.2, 0.25) is 0 Å². The molecule has 10 heteroatoms. The van der Waals surface area contributed by atoms with Gasteiger partial charge in [-0.25, -0.2) is 0 Å². The number of amides is 1. The molecule has 0 spiro atoms. The Morgan fingerprint density at radius 1 is 1.09 bits per heavy atom. The summed E-state index contributed by atoms with van der Waals surface area (Å²) in [6.07, 6.45) is 0. The zero-order valence-corrected chi connectivity index (χ0v) is 19.7. The molecule has 0 saturated carbocycles. The molecule has 4 aromatic rings. The fraction of sp³-hybridized carbons (Fsp3) is 0.125. The summed E-state index contributed by atoms with van der Waals surface area (Å²) >= 11 is 7.64. The maximum atomic E-state index is 12.7. The lowest BCUT2D eigenvalue weighted by Gasteiger charge is -2.12. The molecular formula is C24H20ClN5O3S. The van der Waals surface area contributed by atoms with Crippen molar-refractivity contribution in [3.05, 3.63) is 110 Å². The number of nitro groups is 1. The Hall–Kier alpha value is -3.69. The Morgan fingerprint density at radius 2 is 1.82 bits per heavy atom. The van der Waals surface area contributed by atoms with E-state index < -0.39 is 10.8 Å². The van der Waals surface area contributed by atoms with Crippen molar-refractivity contribution in [1.29, 1.82) is 0 Å². The number of nitro benzene ring substituents is 1. The predicted octanol–water partition coefficient (Wildman–Crippen LogP) is 5.36. The van der Waals surface area contributed by atoms with Crippen LogP contribution < -0.4 is 5.32 Å². The van der Waals surface area contributed by atoms with Crippen LogP contribution in [-0.4, -0.2) is 25.6 Å². The van der Waals surface area contributed by atoms with Crippen molar-refractivity contribution >= 4 is 35.0 Å². The summed E-state index contributed by atoms with van der Waals surface area (Å²) in [6.45, 7) is 2.11. The van der Waals surface area contributed by atoms with Crippen molar-refractivity contribution < 1.29 is 9.72 Å². The Kier molecular flexibility index (Phi) is 7.24. The number of aryl methyl sites for hydroxylation is 1. The number of non-ortho nitro benzene ring substituents is 1. The Bertz CT molecular complexity index is 1330. The van der Waals surface area contributed by atoms with E-state index in [0.717, 1.165) is 28.6 Å². The Labute approximate surface area is 205 Å². The van der Waals surface area contributed by atoms with E-state index in [1.54, 1.807) is 11.8 Å². The molecule has 3 aromatic carbocycles. The third kappa shape index (κ3) is 5.44. The number of hydrogen-bond donors (Lipinski definition) is 1. The van der Waals surface area contributed by atoms with Crippen LogP contribution in [0.25, 0.3) is 5.69 Å². The molecule has 0 unspecified atom stereocenters. The topological polar surface area (TPSA) is 103 Å². The maximum absolute atomic E-state index is 12.7. The van der Waals surface area contributed by atoms with Gasteiger partial charge in [0.05, 0.1) is 22.1 Å². The summed E-state index contributed by atoms with van der Waals surface area (Å²) in [5, 5.41) is 23.1. The SMILES string of the molecule is Cc1ccc(-n2c(CNC(=O)c3ccc([N+](=O)[O-])cc3Cl)nnc2SCc2ccccc2)cc1. The normalized spacial score (nSPS) is 10.8. The van der Waals surface area contributed by atoms with Crippen molar-refractivity contribution in [3.63, 3.8) is 0 Å². The van der Waals surface area contributed by atoms with Crippen molar-refractivity contribution in [1.82, 2.24) is 20.1 Å². The number of rotatable bonds is 8. The van der Waals surface area contributed by atoms with E-state index >= 15 is 0 Å².